The van der Waals surface area contributed by atoms with Gasteiger partial charge in [0.15, 0.2) is 0 Å². The second-order valence-electron chi connectivity index (χ2n) is 7.99. The largest absolute Gasteiger partial charge is 0.507 e. The first-order valence-electron chi connectivity index (χ1n) is 10.1. The van der Waals surface area contributed by atoms with Gasteiger partial charge < -0.3 is 16.0 Å². The van der Waals surface area contributed by atoms with Gasteiger partial charge in [-0.25, -0.2) is 0 Å². The van der Waals surface area contributed by atoms with Crippen molar-refractivity contribution in [2.45, 2.75) is 19.6 Å². The number of anilines is 2. The van der Waals surface area contributed by atoms with Crippen LogP contribution in [0.3, 0.4) is 0 Å². The molecule has 0 amide bonds. The van der Waals surface area contributed by atoms with Gasteiger partial charge in [-0.3, -0.25) is 18.2 Å². The molecule has 7 N–H and O–H groups in total. The minimum Gasteiger partial charge on any atom is -0.507 e. The lowest BCUT2D eigenvalue weighted by atomic mass is 10.1. The standard InChI is InChI=1S/C20H16N2O13S4/c23-17-9-13(37(27,28)29)5-10-4-12(36(24,25)26)8-16(20(10)17)22-21-11-6-15-14(19(7-11)39(33,34)35)2-1-3-18(15)38(30,31)32/h1-9,21-23H,(H,24,25,26)(H,27,28,29)(H,30,31,32)(H,33,34,35). The lowest BCUT2D eigenvalue weighted by molar-refractivity contribution is 0.471. The molecule has 15 nitrogen and oxygen atoms in total. The summed E-state index contributed by atoms with van der Waals surface area (Å²) in [6, 6.07) is 8.25. The zero-order valence-electron chi connectivity index (χ0n) is 18.8. The normalized spacial score (nSPS) is 13.0. The summed E-state index contributed by atoms with van der Waals surface area (Å²) in [4.78, 5) is -3.06. The molecule has 0 saturated carbocycles. The zero-order chi connectivity index (χ0) is 29.1. The van der Waals surface area contributed by atoms with Gasteiger partial charge in [-0.1, -0.05) is 12.1 Å². The van der Waals surface area contributed by atoms with Gasteiger partial charge in [-0.15, -0.1) is 0 Å². The average Bonchev–Trinajstić information content (AvgIpc) is 2.78. The van der Waals surface area contributed by atoms with Crippen molar-refractivity contribution < 1.29 is 57.0 Å². The number of phenolic OH excluding ortho intramolecular Hbond substituents is 1. The van der Waals surface area contributed by atoms with Crippen LogP contribution in [0.25, 0.3) is 21.5 Å². The molecule has 0 fully saturated rings. The van der Waals surface area contributed by atoms with E-state index >= 15 is 0 Å². The van der Waals surface area contributed by atoms with E-state index in [0.29, 0.717) is 6.07 Å². The quantitative estimate of drug-likeness (QED) is 0.115. The Bertz CT molecular complexity index is 2120. The van der Waals surface area contributed by atoms with Crippen LogP contribution in [0, 0.1) is 0 Å². The van der Waals surface area contributed by atoms with Gasteiger partial charge in [0.25, 0.3) is 40.5 Å². The predicted molar refractivity (Wildman–Crippen MR) is 136 cm³/mol. The summed E-state index contributed by atoms with van der Waals surface area (Å²) in [6.07, 6.45) is 0. The minimum absolute atomic E-state index is 0.225. The molecule has 39 heavy (non-hydrogen) atoms. The van der Waals surface area contributed by atoms with Gasteiger partial charge >= 0.3 is 0 Å². The number of benzene rings is 4. The van der Waals surface area contributed by atoms with Gasteiger partial charge in [-0.05, 0) is 41.8 Å². The Balaban J connectivity index is 1.94. The van der Waals surface area contributed by atoms with Gasteiger partial charge in [-0.2, -0.15) is 33.7 Å². The van der Waals surface area contributed by atoms with Crippen LogP contribution in [0.5, 0.6) is 5.75 Å². The molecule has 19 heteroatoms. The molecule has 4 aromatic rings. The highest BCUT2D eigenvalue weighted by atomic mass is 32.2. The van der Waals surface area contributed by atoms with Crippen molar-refractivity contribution in [3.63, 3.8) is 0 Å². The maximum absolute atomic E-state index is 12.0. The summed E-state index contributed by atoms with van der Waals surface area (Å²) < 4.78 is 133. The first kappa shape index (κ1) is 28.4. The maximum Gasteiger partial charge on any atom is 0.295 e. The molecule has 0 spiro atoms. The summed E-state index contributed by atoms with van der Waals surface area (Å²) >= 11 is 0. The van der Waals surface area contributed by atoms with Crippen molar-refractivity contribution in [2.75, 3.05) is 10.9 Å². The van der Waals surface area contributed by atoms with Crippen molar-refractivity contribution in [3.8, 4) is 5.75 Å². The molecular weight excluding hydrogens is 604 g/mol. The fraction of sp³-hybridized carbons (Fsp3) is 0. The zero-order valence-corrected chi connectivity index (χ0v) is 22.1. The van der Waals surface area contributed by atoms with Crippen LogP contribution in [0.1, 0.15) is 0 Å². The molecule has 0 radical (unpaired) electrons. The molecular formula is C20H16N2O13S4. The Morgan fingerprint density at radius 3 is 1.67 bits per heavy atom. The first-order valence-corrected chi connectivity index (χ1v) is 15.8. The van der Waals surface area contributed by atoms with E-state index in [2.05, 4.69) is 10.9 Å². The average molecular weight is 621 g/mol. The third kappa shape index (κ3) is 5.74. The molecule has 208 valence electrons. The number of hydrazine groups is 1. The van der Waals surface area contributed by atoms with Gasteiger partial charge in [0.2, 0.25) is 0 Å². The van der Waals surface area contributed by atoms with Crippen LogP contribution in [-0.4, -0.2) is 57.0 Å². The number of fused-ring (bicyclic) bond motifs is 2. The summed E-state index contributed by atoms with van der Waals surface area (Å²) in [7, 11) is -19.6. The summed E-state index contributed by atoms with van der Waals surface area (Å²) in [5.74, 6) is -0.767. The molecule has 0 bridgehead atoms. The highest BCUT2D eigenvalue weighted by Crippen LogP contribution is 2.37. The maximum atomic E-state index is 12.0. The first-order chi connectivity index (χ1) is 17.8. The Hall–Kier alpha value is -3.56. The number of hydrogen-bond acceptors (Lipinski definition) is 11. The number of hydrogen-bond donors (Lipinski definition) is 7. The summed E-state index contributed by atoms with van der Waals surface area (Å²) in [5, 5.41) is 9.33. The van der Waals surface area contributed by atoms with Crippen LogP contribution < -0.4 is 10.9 Å². The van der Waals surface area contributed by atoms with Crippen LogP contribution in [-0.2, 0) is 40.5 Å². The fourth-order valence-corrected chi connectivity index (χ4v) is 6.32. The molecule has 0 heterocycles. The van der Waals surface area contributed by atoms with Crippen molar-refractivity contribution >= 4 is 73.4 Å². The van der Waals surface area contributed by atoms with Crippen LogP contribution in [0.4, 0.5) is 11.4 Å². The number of phenols is 1. The molecule has 0 aliphatic rings. The third-order valence-corrected chi connectivity index (χ3v) is 8.85. The number of nitrogens with one attached hydrogen (secondary N) is 2. The van der Waals surface area contributed by atoms with Crippen LogP contribution >= 0.6 is 0 Å². The van der Waals surface area contributed by atoms with Crippen molar-refractivity contribution in [2.24, 2.45) is 0 Å². The summed E-state index contributed by atoms with van der Waals surface area (Å²) in [6.45, 7) is 0. The van der Waals surface area contributed by atoms with E-state index in [9.17, 15) is 57.0 Å². The minimum atomic E-state index is -4.96. The molecule has 0 aliphatic carbocycles. The Kier molecular flexibility index (Phi) is 6.77. The van der Waals surface area contributed by atoms with Crippen LogP contribution in [0.2, 0.25) is 0 Å². The lowest BCUT2D eigenvalue weighted by Crippen LogP contribution is -2.12. The fourth-order valence-electron chi connectivity index (χ4n) is 3.81. The second-order valence-corrected chi connectivity index (χ2v) is 13.6. The monoisotopic (exact) mass is 620 g/mol. The Morgan fingerprint density at radius 2 is 1.13 bits per heavy atom. The second kappa shape index (κ2) is 9.27. The molecule has 4 aromatic carbocycles. The summed E-state index contributed by atoms with van der Waals surface area (Å²) in [5.41, 5.74) is 4.28. The predicted octanol–water partition coefficient (Wildman–Crippen LogP) is 2.12. The van der Waals surface area contributed by atoms with Gasteiger partial charge in [0, 0.05) is 22.2 Å². The third-order valence-electron chi connectivity index (χ3n) is 5.39. The Labute approximate surface area is 220 Å². The SMILES string of the molecule is O=S(=O)(O)c1cc(O)c2c(NNc3cc(S(=O)(=O)O)c4cccc(S(=O)(=O)O)c4c3)cc(S(=O)(=O)O)cc2c1. The van der Waals surface area contributed by atoms with Gasteiger partial charge in [0.1, 0.15) is 15.5 Å². The highest BCUT2D eigenvalue weighted by molar-refractivity contribution is 7.86. The Morgan fingerprint density at radius 1 is 0.564 bits per heavy atom. The van der Waals surface area contributed by atoms with E-state index in [0.717, 1.165) is 48.5 Å². The molecule has 0 aromatic heterocycles. The number of rotatable bonds is 7. The van der Waals surface area contributed by atoms with Gasteiger partial charge in [0.05, 0.1) is 21.2 Å². The lowest BCUT2D eigenvalue weighted by Gasteiger charge is -2.17. The highest BCUT2D eigenvalue weighted by Gasteiger charge is 2.22. The van der Waals surface area contributed by atoms with E-state index in [1.165, 1.54) is 0 Å². The van der Waals surface area contributed by atoms with Crippen molar-refractivity contribution in [1.82, 2.24) is 0 Å². The molecule has 0 atom stereocenters. The smallest absolute Gasteiger partial charge is 0.295 e. The van der Waals surface area contributed by atoms with E-state index in [1.807, 2.05) is 0 Å². The van der Waals surface area contributed by atoms with E-state index < -0.39 is 65.8 Å². The van der Waals surface area contributed by atoms with E-state index in [-0.39, 0.29) is 32.9 Å². The topological polar surface area (TPSA) is 262 Å². The van der Waals surface area contributed by atoms with Crippen LogP contribution in [0.15, 0.2) is 74.2 Å². The van der Waals surface area contributed by atoms with Crippen molar-refractivity contribution in [1.29, 1.82) is 0 Å². The molecule has 0 aliphatic heterocycles. The molecule has 4 rings (SSSR count). The van der Waals surface area contributed by atoms with E-state index in [4.69, 9.17) is 0 Å². The molecule has 0 saturated heterocycles. The number of aromatic hydroxyl groups is 1. The molecule has 0 unspecified atom stereocenters. The van der Waals surface area contributed by atoms with Crippen molar-refractivity contribution in [3.05, 3.63) is 54.6 Å². The van der Waals surface area contributed by atoms with E-state index in [1.54, 1.807) is 0 Å².